The Kier molecular flexibility index (Phi) is 6.77. The Morgan fingerprint density at radius 2 is 1.72 bits per heavy atom. The first-order chi connectivity index (χ1) is 8.30. The maximum Gasteiger partial charge on any atom is 0.155 e. The molecule has 1 atom stereocenters. The van der Waals surface area contributed by atoms with Crippen LogP contribution in [0.15, 0.2) is 24.3 Å². The van der Waals surface area contributed by atoms with Gasteiger partial charge in [0, 0.05) is 6.84 Å². The van der Waals surface area contributed by atoms with Crippen LogP contribution in [0.5, 0.6) is 0 Å². The lowest BCUT2D eigenvalue weighted by Crippen LogP contribution is -2.40. The summed E-state index contributed by atoms with van der Waals surface area (Å²) < 4.78 is 12.7. The third-order valence-electron chi connectivity index (χ3n) is 2.44. The van der Waals surface area contributed by atoms with Gasteiger partial charge in [-0.1, -0.05) is 46.8 Å². The third-order valence-corrected chi connectivity index (χ3v) is 2.44. The fourth-order valence-corrected chi connectivity index (χ4v) is 1.52. The van der Waals surface area contributed by atoms with Crippen molar-refractivity contribution >= 4 is 5.78 Å². The van der Waals surface area contributed by atoms with Crippen molar-refractivity contribution in [3.05, 3.63) is 35.6 Å². The zero-order valence-electron chi connectivity index (χ0n) is 12.0. The van der Waals surface area contributed by atoms with Gasteiger partial charge in [0.15, 0.2) is 5.78 Å². The predicted octanol–water partition coefficient (Wildman–Crippen LogP) is 3.58. The van der Waals surface area contributed by atoms with Gasteiger partial charge in [0.2, 0.25) is 0 Å². The van der Waals surface area contributed by atoms with Crippen LogP contribution in [0.3, 0.4) is 0 Å². The molecule has 0 amide bonds. The van der Waals surface area contributed by atoms with E-state index in [1.54, 1.807) is 12.1 Å². The van der Waals surface area contributed by atoms with E-state index in [1.807, 2.05) is 34.6 Å². The van der Waals surface area contributed by atoms with Crippen LogP contribution < -0.4 is 5.73 Å². The average Bonchev–Trinajstić information content (AvgIpc) is 2.32. The Balaban J connectivity index is 0. The van der Waals surface area contributed by atoms with E-state index in [0.717, 1.165) is 5.56 Å². The summed E-state index contributed by atoms with van der Waals surface area (Å²) in [4.78, 5) is 11.8. The Morgan fingerprint density at radius 1 is 1.28 bits per heavy atom. The standard InChI is InChI=1S/C13H18FNO.C2H6.H2/c1-13(2,3)12(16)11(15)8-9-4-6-10(14)7-5-9;1-2;/h4-7,11H,8,15H2,1-3H3;1-2H3;1H/t11-;;/m0../s1. The Hall–Kier alpha value is -1.22. The molecular weight excluding hydrogens is 229 g/mol. The molecule has 0 saturated heterocycles. The van der Waals surface area contributed by atoms with Gasteiger partial charge in [0.25, 0.3) is 0 Å². The summed E-state index contributed by atoms with van der Waals surface area (Å²) in [5.41, 5.74) is 6.28. The third kappa shape index (κ3) is 5.41. The van der Waals surface area contributed by atoms with Crippen LogP contribution in [0.2, 0.25) is 0 Å². The fraction of sp³-hybridized carbons (Fsp3) is 0.533. The number of hydrogen-bond donors (Lipinski definition) is 1. The number of benzene rings is 1. The van der Waals surface area contributed by atoms with Crippen LogP contribution in [0.25, 0.3) is 0 Å². The lowest BCUT2D eigenvalue weighted by Gasteiger charge is -2.21. The molecule has 0 unspecified atom stereocenters. The van der Waals surface area contributed by atoms with Crippen molar-refractivity contribution in [1.82, 2.24) is 0 Å². The van der Waals surface area contributed by atoms with Gasteiger partial charge in [-0.3, -0.25) is 4.79 Å². The molecule has 2 N–H and O–H groups in total. The van der Waals surface area contributed by atoms with Crippen LogP contribution in [0, 0.1) is 11.2 Å². The van der Waals surface area contributed by atoms with Gasteiger partial charge in [-0.25, -0.2) is 4.39 Å². The van der Waals surface area contributed by atoms with E-state index >= 15 is 0 Å². The summed E-state index contributed by atoms with van der Waals surface area (Å²) in [5, 5.41) is 0. The second kappa shape index (κ2) is 7.27. The molecule has 0 aliphatic heterocycles. The first-order valence-electron chi connectivity index (χ1n) is 6.35. The van der Waals surface area contributed by atoms with Crippen molar-refractivity contribution in [2.75, 3.05) is 0 Å². The van der Waals surface area contributed by atoms with E-state index in [-0.39, 0.29) is 13.0 Å². The maximum absolute atomic E-state index is 12.7. The van der Waals surface area contributed by atoms with Crippen molar-refractivity contribution in [3.63, 3.8) is 0 Å². The number of hydrogen-bond acceptors (Lipinski definition) is 2. The normalized spacial score (nSPS) is 12.4. The van der Waals surface area contributed by atoms with Crippen LogP contribution in [-0.2, 0) is 11.2 Å². The SMILES string of the molecule is CC.CC(C)(C)C(=O)[C@@H](N)Cc1ccc(F)cc1.[HH]. The molecule has 0 radical (unpaired) electrons. The molecule has 0 aliphatic rings. The summed E-state index contributed by atoms with van der Waals surface area (Å²) in [7, 11) is 0. The van der Waals surface area contributed by atoms with Crippen molar-refractivity contribution < 1.29 is 10.6 Å². The topological polar surface area (TPSA) is 43.1 Å². The van der Waals surface area contributed by atoms with Crippen molar-refractivity contribution in [2.24, 2.45) is 11.1 Å². The predicted molar refractivity (Wildman–Crippen MR) is 76.0 cm³/mol. The lowest BCUT2D eigenvalue weighted by atomic mass is 9.85. The molecule has 0 saturated carbocycles. The summed E-state index contributed by atoms with van der Waals surface area (Å²) in [6.07, 6.45) is 0.455. The smallest absolute Gasteiger partial charge is 0.155 e. The van der Waals surface area contributed by atoms with Crippen molar-refractivity contribution in [1.29, 1.82) is 0 Å². The first-order valence-corrected chi connectivity index (χ1v) is 6.35. The second-order valence-electron chi connectivity index (χ2n) is 5.05. The molecular formula is C15H26FNO. The summed E-state index contributed by atoms with van der Waals surface area (Å²) >= 11 is 0. The molecule has 1 aromatic rings. The Morgan fingerprint density at radius 3 is 2.11 bits per heavy atom. The minimum absolute atomic E-state index is 0. The van der Waals surface area contributed by atoms with Gasteiger partial charge in [0.1, 0.15) is 5.82 Å². The van der Waals surface area contributed by atoms with Crippen LogP contribution >= 0.6 is 0 Å². The molecule has 1 rings (SSSR count). The molecule has 0 bridgehead atoms. The molecule has 0 heterocycles. The molecule has 0 fully saturated rings. The molecule has 0 spiro atoms. The first kappa shape index (κ1) is 16.8. The molecule has 3 heteroatoms. The second-order valence-corrected chi connectivity index (χ2v) is 5.05. The minimum atomic E-state index is -0.523. The summed E-state index contributed by atoms with van der Waals surface area (Å²) in [6, 6.07) is 5.55. The highest BCUT2D eigenvalue weighted by Crippen LogP contribution is 2.18. The van der Waals surface area contributed by atoms with Gasteiger partial charge < -0.3 is 5.73 Å². The molecule has 2 nitrogen and oxygen atoms in total. The summed E-state index contributed by atoms with van der Waals surface area (Å²) in [6.45, 7) is 9.54. The molecule has 104 valence electrons. The van der Waals surface area contributed by atoms with Crippen LogP contribution in [-0.4, -0.2) is 11.8 Å². The monoisotopic (exact) mass is 255 g/mol. The van der Waals surface area contributed by atoms with E-state index in [2.05, 4.69) is 0 Å². The van der Waals surface area contributed by atoms with Gasteiger partial charge in [-0.2, -0.15) is 0 Å². The Bertz CT molecular complexity index is 371. The van der Waals surface area contributed by atoms with Gasteiger partial charge >= 0.3 is 0 Å². The zero-order valence-corrected chi connectivity index (χ0v) is 12.0. The average molecular weight is 255 g/mol. The highest BCUT2D eigenvalue weighted by molar-refractivity contribution is 5.88. The number of nitrogens with two attached hydrogens (primary N) is 1. The number of carbonyl (C=O) groups is 1. The molecule has 0 aliphatic carbocycles. The van der Waals surface area contributed by atoms with Crippen molar-refractivity contribution in [2.45, 2.75) is 47.1 Å². The minimum Gasteiger partial charge on any atom is -0.321 e. The van der Waals surface area contributed by atoms with E-state index in [9.17, 15) is 9.18 Å². The number of halogens is 1. The molecule has 18 heavy (non-hydrogen) atoms. The van der Waals surface area contributed by atoms with E-state index in [0.29, 0.717) is 6.42 Å². The van der Waals surface area contributed by atoms with Crippen LogP contribution in [0.4, 0.5) is 4.39 Å². The number of Topliss-reactive ketones (excluding diaryl/α,β-unsaturated/α-hetero) is 1. The highest BCUT2D eigenvalue weighted by Gasteiger charge is 2.26. The van der Waals surface area contributed by atoms with Crippen LogP contribution in [0.1, 0.15) is 41.6 Å². The van der Waals surface area contributed by atoms with E-state index < -0.39 is 11.5 Å². The van der Waals surface area contributed by atoms with E-state index in [1.165, 1.54) is 12.1 Å². The van der Waals surface area contributed by atoms with Gasteiger partial charge in [0.05, 0.1) is 6.04 Å². The number of ketones is 1. The maximum atomic E-state index is 12.7. The van der Waals surface area contributed by atoms with Gasteiger partial charge in [-0.15, -0.1) is 0 Å². The molecule has 0 aromatic heterocycles. The molecule has 1 aromatic carbocycles. The van der Waals surface area contributed by atoms with Crippen molar-refractivity contribution in [3.8, 4) is 0 Å². The largest absolute Gasteiger partial charge is 0.321 e. The Labute approximate surface area is 111 Å². The van der Waals surface area contributed by atoms with E-state index in [4.69, 9.17) is 5.73 Å². The van der Waals surface area contributed by atoms with Gasteiger partial charge in [-0.05, 0) is 24.1 Å². The summed E-state index contributed by atoms with van der Waals surface area (Å²) in [5.74, 6) is -0.253. The quantitative estimate of drug-likeness (QED) is 0.897. The zero-order chi connectivity index (χ0) is 14.3. The fourth-order valence-electron chi connectivity index (χ4n) is 1.52. The number of rotatable bonds is 3. The number of carbonyl (C=O) groups excluding carboxylic acids is 1. The highest BCUT2D eigenvalue weighted by atomic mass is 19.1. The lowest BCUT2D eigenvalue weighted by molar-refractivity contribution is -0.127.